The van der Waals surface area contributed by atoms with E-state index in [0.717, 1.165) is 42.9 Å². The van der Waals surface area contributed by atoms with E-state index in [-0.39, 0.29) is 17.2 Å². The van der Waals surface area contributed by atoms with Gasteiger partial charge in [0.25, 0.3) is 0 Å². The SMILES string of the molecule is CC(=O)NCc1cccc(-c2ccc(Oc3c(N4CCNCC4)cnn(-c4ccc(Cl)cc4)c3=O)cc2)c1. The van der Waals surface area contributed by atoms with Gasteiger partial charge in [-0.15, -0.1) is 0 Å². The van der Waals surface area contributed by atoms with E-state index >= 15 is 0 Å². The molecule has 38 heavy (non-hydrogen) atoms. The Kier molecular flexibility index (Phi) is 7.72. The Balaban J connectivity index is 1.45. The smallest absolute Gasteiger partial charge is 0.316 e. The molecule has 194 valence electrons. The van der Waals surface area contributed by atoms with Gasteiger partial charge in [-0.05, 0) is 59.2 Å². The second kappa shape index (κ2) is 11.5. The first-order valence-electron chi connectivity index (χ1n) is 12.4. The monoisotopic (exact) mass is 529 g/mol. The number of hydrogen-bond donors (Lipinski definition) is 2. The van der Waals surface area contributed by atoms with E-state index in [2.05, 4.69) is 20.6 Å². The summed E-state index contributed by atoms with van der Waals surface area (Å²) in [4.78, 5) is 27.0. The number of carbonyl (C=O) groups excluding carboxylic acids is 1. The van der Waals surface area contributed by atoms with Crippen LogP contribution in [-0.2, 0) is 11.3 Å². The zero-order chi connectivity index (χ0) is 26.5. The summed E-state index contributed by atoms with van der Waals surface area (Å²) in [6, 6.07) is 22.6. The van der Waals surface area contributed by atoms with Gasteiger partial charge in [0.1, 0.15) is 11.4 Å². The molecule has 1 amide bonds. The molecule has 8 nitrogen and oxygen atoms in total. The third-order valence-corrected chi connectivity index (χ3v) is 6.57. The van der Waals surface area contributed by atoms with Crippen LogP contribution in [-0.4, -0.2) is 41.9 Å². The predicted octanol–water partition coefficient (Wildman–Crippen LogP) is 4.39. The molecule has 0 spiro atoms. The second-order valence-electron chi connectivity index (χ2n) is 9.03. The first-order valence-corrected chi connectivity index (χ1v) is 12.8. The molecule has 1 aromatic heterocycles. The van der Waals surface area contributed by atoms with Crippen LogP contribution in [0.1, 0.15) is 12.5 Å². The number of nitrogens with one attached hydrogen (secondary N) is 2. The summed E-state index contributed by atoms with van der Waals surface area (Å²) in [7, 11) is 0. The average Bonchev–Trinajstić information content (AvgIpc) is 2.94. The summed E-state index contributed by atoms with van der Waals surface area (Å²) in [5.41, 5.74) is 3.95. The molecule has 9 heteroatoms. The number of amides is 1. The first kappa shape index (κ1) is 25.5. The highest BCUT2D eigenvalue weighted by atomic mass is 35.5. The maximum Gasteiger partial charge on any atom is 0.316 e. The van der Waals surface area contributed by atoms with E-state index in [1.807, 2.05) is 48.5 Å². The second-order valence-corrected chi connectivity index (χ2v) is 9.46. The molecule has 0 atom stereocenters. The molecule has 4 aromatic rings. The Morgan fingerprint density at radius 3 is 2.47 bits per heavy atom. The van der Waals surface area contributed by atoms with E-state index in [9.17, 15) is 9.59 Å². The van der Waals surface area contributed by atoms with Crippen LogP contribution in [0.3, 0.4) is 0 Å². The summed E-state index contributed by atoms with van der Waals surface area (Å²) in [6.45, 7) is 5.10. The summed E-state index contributed by atoms with van der Waals surface area (Å²) >= 11 is 6.04. The number of nitrogens with zero attached hydrogens (tertiary/aromatic N) is 3. The minimum absolute atomic E-state index is 0.0664. The number of carbonyl (C=O) groups is 1. The Hall–Kier alpha value is -4.14. The molecular formula is C29H28ClN5O3. The van der Waals surface area contributed by atoms with Crippen molar-refractivity contribution in [2.24, 2.45) is 0 Å². The highest BCUT2D eigenvalue weighted by molar-refractivity contribution is 6.30. The van der Waals surface area contributed by atoms with Gasteiger partial charge in [-0.25, -0.2) is 0 Å². The van der Waals surface area contributed by atoms with Gasteiger partial charge in [0.15, 0.2) is 0 Å². The Labute approximate surface area is 225 Å². The fraction of sp³-hybridized carbons (Fsp3) is 0.207. The lowest BCUT2D eigenvalue weighted by atomic mass is 10.0. The van der Waals surface area contributed by atoms with E-state index in [4.69, 9.17) is 16.3 Å². The molecular weight excluding hydrogens is 502 g/mol. The largest absolute Gasteiger partial charge is 0.449 e. The molecule has 1 aliphatic rings. The van der Waals surface area contributed by atoms with Crippen molar-refractivity contribution in [2.75, 3.05) is 31.1 Å². The summed E-state index contributed by atoms with van der Waals surface area (Å²) < 4.78 is 7.58. The molecule has 0 saturated carbocycles. The minimum Gasteiger partial charge on any atom is -0.449 e. The Bertz CT molecular complexity index is 1480. The lowest BCUT2D eigenvalue weighted by Crippen LogP contribution is -2.44. The molecule has 0 aliphatic carbocycles. The van der Waals surface area contributed by atoms with Gasteiger partial charge >= 0.3 is 5.56 Å². The molecule has 0 bridgehead atoms. The highest BCUT2D eigenvalue weighted by Gasteiger charge is 2.21. The van der Waals surface area contributed by atoms with Crippen LogP contribution in [0.5, 0.6) is 11.5 Å². The minimum atomic E-state index is -0.349. The first-order chi connectivity index (χ1) is 18.5. The van der Waals surface area contributed by atoms with Gasteiger partial charge in [-0.1, -0.05) is 41.9 Å². The number of rotatable bonds is 7. The molecule has 0 unspecified atom stereocenters. The zero-order valence-electron chi connectivity index (χ0n) is 21.0. The number of aromatic nitrogens is 2. The summed E-state index contributed by atoms with van der Waals surface area (Å²) in [5.74, 6) is 0.704. The fourth-order valence-corrected chi connectivity index (χ4v) is 4.47. The third-order valence-electron chi connectivity index (χ3n) is 6.32. The topological polar surface area (TPSA) is 88.5 Å². The molecule has 3 aromatic carbocycles. The summed E-state index contributed by atoms with van der Waals surface area (Å²) in [5, 5.41) is 11.2. The Morgan fingerprint density at radius 1 is 1.03 bits per heavy atom. The van der Waals surface area contributed by atoms with Crippen LogP contribution in [0.4, 0.5) is 5.69 Å². The molecule has 5 rings (SSSR count). The maximum atomic E-state index is 13.6. The maximum absolute atomic E-state index is 13.6. The van der Waals surface area contributed by atoms with Crippen molar-refractivity contribution in [3.63, 3.8) is 0 Å². The van der Waals surface area contributed by atoms with Crippen LogP contribution >= 0.6 is 11.6 Å². The lowest BCUT2D eigenvalue weighted by molar-refractivity contribution is -0.119. The van der Waals surface area contributed by atoms with Gasteiger partial charge in [-0.3, -0.25) is 9.59 Å². The van der Waals surface area contributed by atoms with Crippen molar-refractivity contribution in [1.82, 2.24) is 20.4 Å². The quantitative estimate of drug-likeness (QED) is 0.369. The number of halogens is 1. The van der Waals surface area contributed by atoms with E-state index in [1.54, 1.807) is 30.5 Å². The van der Waals surface area contributed by atoms with E-state index in [1.165, 1.54) is 11.6 Å². The van der Waals surface area contributed by atoms with Crippen LogP contribution in [0.15, 0.2) is 83.8 Å². The number of ether oxygens (including phenoxy) is 1. The van der Waals surface area contributed by atoms with Crippen LogP contribution < -0.4 is 25.8 Å². The molecule has 1 fully saturated rings. The van der Waals surface area contributed by atoms with Gasteiger partial charge in [0.05, 0.1) is 11.9 Å². The number of piperazine rings is 1. The number of benzene rings is 3. The standard InChI is InChI=1S/C29H28ClN5O3/c1-20(36)32-18-21-3-2-4-23(17-21)22-5-11-26(12-6-22)38-28-27(34-15-13-31-14-16-34)19-33-35(29(28)37)25-9-7-24(30)8-10-25/h2-12,17,19,31H,13-16,18H2,1H3,(H,32,36). The van der Waals surface area contributed by atoms with Crippen molar-refractivity contribution in [3.05, 3.63) is 99.9 Å². The normalized spacial score (nSPS) is 13.3. The molecule has 2 heterocycles. The molecule has 1 saturated heterocycles. The van der Waals surface area contributed by atoms with E-state index in [0.29, 0.717) is 28.7 Å². The van der Waals surface area contributed by atoms with Crippen molar-refractivity contribution in [1.29, 1.82) is 0 Å². The number of anilines is 1. The highest BCUT2D eigenvalue weighted by Crippen LogP contribution is 2.31. The van der Waals surface area contributed by atoms with Crippen molar-refractivity contribution in [2.45, 2.75) is 13.5 Å². The molecule has 0 radical (unpaired) electrons. The van der Waals surface area contributed by atoms with Gasteiger partial charge in [0, 0.05) is 44.7 Å². The lowest BCUT2D eigenvalue weighted by Gasteiger charge is -2.30. The van der Waals surface area contributed by atoms with E-state index < -0.39 is 0 Å². The van der Waals surface area contributed by atoms with Crippen molar-refractivity contribution < 1.29 is 9.53 Å². The van der Waals surface area contributed by atoms with Gasteiger partial charge in [0.2, 0.25) is 11.7 Å². The average molecular weight is 530 g/mol. The number of hydrogen-bond acceptors (Lipinski definition) is 6. The fourth-order valence-electron chi connectivity index (χ4n) is 4.34. The van der Waals surface area contributed by atoms with Crippen LogP contribution in [0, 0.1) is 0 Å². The Morgan fingerprint density at radius 2 is 1.76 bits per heavy atom. The molecule has 2 N–H and O–H groups in total. The van der Waals surface area contributed by atoms with Crippen LogP contribution in [0.25, 0.3) is 16.8 Å². The molecule has 1 aliphatic heterocycles. The van der Waals surface area contributed by atoms with Crippen molar-refractivity contribution >= 4 is 23.2 Å². The van der Waals surface area contributed by atoms with Crippen molar-refractivity contribution in [3.8, 4) is 28.3 Å². The third kappa shape index (κ3) is 5.88. The predicted molar refractivity (Wildman–Crippen MR) is 149 cm³/mol. The zero-order valence-corrected chi connectivity index (χ0v) is 21.7. The summed E-state index contributed by atoms with van der Waals surface area (Å²) in [6.07, 6.45) is 1.69. The van der Waals surface area contributed by atoms with Gasteiger partial charge in [-0.2, -0.15) is 9.78 Å². The van der Waals surface area contributed by atoms with Gasteiger partial charge < -0.3 is 20.3 Å². The van der Waals surface area contributed by atoms with Crippen LogP contribution in [0.2, 0.25) is 5.02 Å².